The molecule has 0 saturated carbocycles. The smallest absolute Gasteiger partial charge is 0.320 e. The van der Waals surface area contributed by atoms with Crippen molar-refractivity contribution in [1.82, 2.24) is 4.98 Å². The van der Waals surface area contributed by atoms with E-state index in [2.05, 4.69) is 4.98 Å². The van der Waals surface area contributed by atoms with Crippen LogP contribution < -0.4 is 5.73 Å². The van der Waals surface area contributed by atoms with Gasteiger partial charge in [0.1, 0.15) is 6.04 Å². The summed E-state index contributed by atoms with van der Waals surface area (Å²) in [4.78, 5) is 13.7. The van der Waals surface area contributed by atoms with Crippen molar-refractivity contribution in [2.45, 2.75) is 12.5 Å². The van der Waals surface area contributed by atoms with Gasteiger partial charge in [-0.05, 0) is 11.6 Å². The summed E-state index contributed by atoms with van der Waals surface area (Å²) in [5.74, 6) is -0.972. The molecular formula is C11H12N2O2Sn. The predicted molar refractivity (Wildman–Crippen MR) is 63.4 cm³/mol. The van der Waals surface area contributed by atoms with Gasteiger partial charge in [-0.25, -0.2) is 0 Å². The number of fused-ring (bicyclic) bond motifs is 1. The fourth-order valence-corrected chi connectivity index (χ4v) is 1.62. The molecule has 0 aliphatic rings. The fraction of sp³-hybridized carbons (Fsp3) is 0.182. The van der Waals surface area contributed by atoms with Crippen molar-refractivity contribution < 1.29 is 9.90 Å². The first-order valence-electron chi connectivity index (χ1n) is 4.72. The van der Waals surface area contributed by atoms with Crippen LogP contribution in [0.2, 0.25) is 0 Å². The molecule has 4 radical (unpaired) electrons. The number of hydrogen-bond acceptors (Lipinski definition) is 2. The third-order valence-corrected chi connectivity index (χ3v) is 2.43. The number of carbonyl (C=O) groups is 1. The van der Waals surface area contributed by atoms with Crippen LogP contribution in [0, 0.1) is 0 Å². The molecule has 0 fully saturated rings. The number of H-pyrrole nitrogens is 1. The Morgan fingerprint density at radius 2 is 2.12 bits per heavy atom. The first-order valence-corrected chi connectivity index (χ1v) is 4.72. The molecular weight excluding hydrogens is 311 g/mol. The van der Waals surface area contributed by atoms with Crippen LogP contribution in [0.25, 0.3) is 10.9 Å². The van der Waals surface area contributed by atoms with Gasteiger partial charge in [0.2, 0.25) is 0 Å². The molecule has 0 aliphatic heterocycles. The van der Waals surface area contributed by atoms with E-state index in [1.165, 1.54) is 0 Å². The molecule has 0 saturated heterocycles. The number of benzene rings is 1. The number of carboxylic acid groups (broad SMARTS) is 1. The van der Waals surface area contributed by atoms with E-state index in [1.807, 2.05) is 30.5 Å². The Morgan fingerprint density at radius 1 is 1.44 bits per heavy atom. The van der Waals surface area contributed by atoms with Crippen LogP contribution in [0.1, 0.15) is 5.56 Å². The van der Waals surface area contributed by atoms with E-state index in [4.69, 9.17) is 10.8 Å². The van der Waals surface area contributed by atoms with E-state index in [0.29, 0.717) is 6.42 Å². The maximum Gasteiger partial charge on any atom is 0.320 e. The van der Waals surface area contributed by atoms with Gasteiger partial charge >= 0.3 is 5.97 Å². The molecule has 2 aromatic rings. The molecule has 4 nitrogen and oxygen atoms in total. The quantitative estimate of drug-likeness (QED) is 0.729. The predicted octanol–water partition coefficient (Wildman–Crippen LogP) is 0.742. The first kappa shape index (κ1) is 13.1. The molecule has 16 heavy (non-hydrogen) atoms. The molecule has 0 aliphatic carbocycles. The summed E-state index contributed by atoms with van der Waals surface area (Å²) >= 11 is 0. The molecule has 1 atom stereocenters. The van der Waals surface area contributed by atoms with Crippen molar-refractivity contribution in [2.24, 2.45) is 5.73 Å². The van der Waals surface area contributed by atoms with E-state index in [1.54, 1.807) is 0 Å². The zero-order valence-corrected chi connectivity index (χ0v) is 11.5. The van der Waals surface area contributed by atoms with Gasteiger partial charge in [-0.15, -0.1) is 0 Å². The second-order valence-corrected chi connectivity index (χ2v) is 3.51. The molecule has 0 unspecified atom stereocenters. The van der Waals surface area contributed by atoms with Gasteiger partial charge in [-0.2, -0.15) is 0 Å². The number of para-hydroxylation sites is 1. The van der Waals surface area contributed by atoms with E-state index in [9.17, 15) is 4.79 Å². The minimum absolute atomic E-state index is 0. The Kier molecular flexibility index (Phi) is 4.37. The molecule has 5 heteroatoms. The van der Waals surface area contributed by atoms with Crippen LogP contribution in [-0.4, -0.2) is 46.0 Å². The summed E-state index contributed by atoms with van der Waals surface area (Å²) in [7, 11) is 0. The van der Waals surface area contributed by atoms with Crippen LogP contribution in [0.5, 0.6) is 0 Å². The minimum Gasteiger partial charge on any atom is -0.480 e. The summed E-state index contributed by atoms with van der Waals surface area (Å²) in [6.45, 7) is 0. The zero-order chi connectivity index (χ0) is 10.8. The van der Waals surface area contributed by atoms with Crippen LogP contribution in [0.4, 0.5) is 0 Å². The molecule has 1 heterocycles. The van der Waals surface area contributed by atoms with Crippen molar-refractivity contribution >= 4 is 40.8 Å². The van der Waals surface area contributed by atoms with Crippen molar-refractivity contribution in [2.75, 3.05) is 0 Å². The van der Waals surface area contributed by atoms with Crippen LogP contribution in [0.15, 0.2) is 30.5 Å². The number of aromatic nitrogens is 1. The zero-order valence-electron chi connectivity index (χ0n) is 8.60. The Morgan fingerprint density at radius 3 is 2.81 bits per heavy atom. The summed E-state index contributed by atoms with van der Waals surface area (Å²) in [6, 6.07) is 6.91. The van der Waals surface area contributed by atoms with Gasteiger partial charge < -0.3 is 15.8 Å². The molecule has 1 aromatic carbocycles. The molecule has 2 rings (SSSR count). The average molecular weight is 323 g/mol. The van der Waals surface area contributed by atoms with E-state index < -0.39 is 12.0 Å². The maximum absolute atomic E-state index is 10.6. The van der Waals surface area contributed by atoms with Crippen LogP contribution in [0.3, 0.4) is 0 Å². The number of hydrogen-bond donors (Lipinski definition) is 3. The van der Waals surface area contributed by atoms with E-state index in [-0.39, 0.29) is 23.9 Å². The molecule has 0 spiro atoms. The minimum atomic E-state index is -0.972. The second kappa shape index (κ2) is 5.36. The van der Waals surface area contributed by atoms with E-state index >= 15 is 0 Å². The van der Waals surface area contributed by atoms with Gasteiger partial charge in [-0.3, -0.25) is 4.79 Å². The van der Waals surface area contributed by atoms with Gasteiger partial charge in [0, 0.05) is 47.4 Å². The molecule has 0 bridgehead atoms. The summed E-state index contributed by atoms with van der Waals surface area (Å²) < 4.78 is 0. The van der Waals surface area contributed by atoms with Crippen molar-refractivity contribution in [3.8, 4) is 0 Å². The number of nitrogens with one attached hydrogen (secondary N) is 1. The third-order valence-electron chi connectivity index (χ3n) is 2.43. The molecule has 82 valence electrons. The molecule has 0 amide bonds. The maximum atomic E-state index is 10.6. The second-order valence-electron chi connectivity index (χ2n) is 3.51. The van der Waals surface area contributed by atoms with Gasteiger partial charge in [0.15, 0.2) is 0 Å². The number of rotatable bonds is 3. The van der Waals surface area contributed by atoms with Gasteiger partial charge in [0.25, 0.3) is 0 Å². The van der Waals surface area contributed by atoms with E-state index in [0.717, 1.165) is 16.5 Å². The SMILES string of the molecule is N[C@@H](Cc1c[nH]c2ccccc12)C(=O)O.[Sn]. The number of carboxylic acids is 1. The Balaban J connectivity index is 0.00000128. The summed E-state index contributed by atoms with van der Waals surface area (Å²) in [5, 5.41) is 9.75. The van der Waals surface area contributed by atoms with Crippen molar-refractivity contribution in [3.63, 3.8) is 0 Å². The number of nitrogens with two attached hydrogens (primary N) is 1. The van der Waals surface area contributed by atoms with Gasteiger partial charge in [0.05, 0.1) is 0 Å². The number of aromatic amines is 1. The third kappa shape index (κ3) is 2.56. The molecule has 4 N–H and O–H groups in total. The normalized spacial score (nSPS) is 12.1. The fourth-order valence-electron chi connectivity index (χ4n) is 1.62. The Hall–Kier alpha value is -1.01. The van der Waals surface area contributed by atoms with Crippen molar-refractivity contribution in [1.29, 1.82) is 0 Å². The van der Waals surface area contributed by atoms with Crippen LogP contribution in [-0.2, 0) is 11.2 Å². The Bertz CT molecular complexity index is 495. The summed E-state index contributed by atoms with van der Waals surface area (Å²) in [6.07, 6.45) is 2.16. The average Bonchev–Trinajstić information content (AvgIpc) is 2.62. The topological polar surface area (TPSA) is 79.1 Å². The number of aliphatic carboxylic acids is 1. The van der Waals surface area contributed by atoms with Crippen molar-refractivity contribution in [3.05, 3.63) is 36.0 Å². The first-order chi connectivity index (χ1) is 7.18. The molecule has 1 aromatic heterocycles. The van der Waals surface area contributed by atoms with Crippen LogP contribution >= 0.6 is 0 Å². The monoisotopic (exact) mass is 324 g/mol. The van der Waals surface area contributed by atoms with Gasteiger partial charge in [-0.1, -0.05) is 18.2 Å². The standard InChI is InChI=1S/C11H12N2O2.Sn/c12-9(11(14)15)5-7-6-13-10-4-2-1-3-8(7)10;/h1-4,6,9,13H,5,12H2,(H,14,15);/t9-;/m0./s1. The Labute approximate surface area is 110 Å². The summed E-state index contributed by atoms with van der Waals surface area (Å²) in [5.41, 5.74) is 7.43. The largest absolute Gasteiger partial charge is 0.480 e.